The van der Waals surface area contributed by atoms with Gasteiger partial charge in [-0.05, 0) is 60.7 Å². The second-order valence-corrected chi connectivity index (χ2v) is 7.26. The summed E-state index contributed by atoms with van der Waals surface area (Å²) in [6, 6.07) is 14.7. The van der Waals surface area contributed by atoms with E-state index in [2.05, 4.69) is 26.6 Å². The van der Waals surface area contributed by atoms with Crippen LogP contribution in [-0.4, -0.2) is 25.5 Å². The molecule has 0 heterocycles. The van der Waals surface area contributed by atoms with E-state index in [1.165, 1.54) is 0 Å². The van der Waals surface area contributed by atoms with Gasteiger partial charge >= 0.3 is 0 Å². The molecule has 1 fully saturated rings. The number of benzene rings is 2. The molecule has 0 spiro atoms. The fourth-order valence-electron chi connectivity index (χ4n) is 2.80. The Kier molecular flexibility index (Phi) is 5.93. The number of carbonyl (C=O) groups is 2. The van der Waals surface area contributed by atoms with Gasteiger partial charge in [0, 0.05) is 10.0 Å². The minimum Gasteiger partial charge on any atom is -0.497 e. The van der Waals surface area contributed by atoms with Crippen molar-refractivity contribution in [3.63, 3.8) is 0 Å². The summed E-state index contributed by atoms with van der Waals surface area (Å²) in [5.74, 6) is 0.786. The number of halogens is 1. The Morgan fingerprint density at radius 2 is 1.77 bits per heavy atom. The van der Waals surface area contributed by atoms with Gasteiger partial charge in [0.25, 0.3) is 5.91 Å². The summed E-state index contributed by atoms with van der Waals surface area (Å²) in [6.07, 6.45) is 2.20. The number of hydrogen-bond acceptors (Lipinski definition) is 3. The maximum atomic E-state index is 12.3. The number of ether oxygens (including phenoxy) is 1. The van der Waals surface area contributed by atoms with Crippen LogP contribution in [0.15, 0.2) is 53.0 Å². The van der Waals surface area contributed by atoms with Crippen molar-refractivity contribution in [2.24, 2.45) is 5.92 Å². The van der Waals surface area contributed by atoms with E-state index in [-0.39, 0.29) is 24.4 Å². The topological polar surface area (TPSA) is 67.4 Å². The highest BCUT2D eigenvalue weighted by molar-refractivity contribution is 9.10. The van der Waals surface area contributed by atoms with Gasteiger partial charge in [0.1, 0.15) is 5.75 Å². The monoisotopic (exact) mass is 416 g/mol. The van der Waals surface area contributed by atoms with Crippen LogP contribution in [0.2, 0.25) is 0 Å². The van der Waals surface area contributed by atoms with Crippen LogP contribution in [0.1, 0.15) is 34.8 Å². The summed E-state index contributed by atoms with van der Waals surface area (Å²) >= 11 is 3.33. The molecule has 0 aromatic heterocycles. The van der Waals surface area contributed by atoms with Gasteiger partial charge in [-0.25, -0.2) is 0 Å². The zero-order valence-electron chi connectivity index (χ0n) is 14.5. The van der Waals surface area contributed by atoms with E-state index in [0.717, 1.165) is 28.6 Å². The molecular weight excluding hydrogens is 396 g/mol. The molecule has 2 aromatic carbocycles. The fourth-order valence-corrected chi connectivity index (χ4v) is 3.07. The van der Waals surface area contributed by atoms with Crippen LogP contribution in [0.5, 0.6) is 5.75 Å². The lowest BCUT2D eigenvalue weighted by atomic mass is 10.0. The average molecular weight is 417 g/mol. The average Bonchev–Trinajstić information content (AvgIpc) is 3.50. The van der Waals surface area contributed by atoms with Crippen LogP contribution in [0.25, 0.3) is 0 Å². The molecule has 0 saturated heterocycles. The van der Waals surface area contributed by atoms with Crippen molar-refractivity contribution in [3.8, 4) is 5.75 Å². The minimum absolute atomic E-state index is 0.0296. The summed E-state index contributed by atoms with van der Waals surface area (Å²) in [5.41, 5.74) is 1.58. The number of amides is 2. The van der Waals surface area contributed by atoms with Gasteiger partial charge in [-0.1, -0.05) is 28.1 Å². The van der Waals surface area contributed by atoms with E-state index in [1.54, 1.807) is 31.4 Å². The van der Waals surface area contributed by atoms with Gasteiger partial charge in [-0.3, -0.25) is 9.59 Å². The van der Waals surface area contributed by atoms with Crippen molar-refractivity contribution in [1.82, 2.24) is 10.6 Å². The number of hydrogen-bond donors (Lipinski definition) is 2. The zero-order chi connectivity index (χ0) is 18.5. The van der Waals surface area contributed by atoms with Crippen molar-refractivity contribution in [3.05, 3.63) is 64.1 Å². The normalized spacial score (nSPS) is 14.4. The lowest BCUT2D eigenvalue weighted by Gasteiger charge is -2.19. The van der Waals surface area contributed by atoms with E-state index in [1.807, 2.05) is 24.3 Å². The van der Waals surface area contributed by atoms with Crippen molar-refractivity contribution in [1.29, 1.82) is 0 Å². The molecule has 0 radical (unpaired) electrons. The maximum absolute atomic E-state index is 12.3. The molecule has 0 bridgehead atoms. The SMILES string of the molecule is COc1ccc(C(NC(=O)CNC(=O)c2ccc(Br)cc2)C2CC2)cc1. The first-order chi connectivity index (χ1) is 12.6. The Balaban J connectivity index is 1.56. The van der Waals surface area contributed by atoms with Gasteiger partial charge in [-0.15, -0.1) is 0 Å². The molecule has 2 N–H and O–H groups in total. The molecule has 6 heteroatoms. The predicted molar refractivity (Wildman–Crippen MR) is 103 cm³/mol. The van der Waals surface area contributed by atoms with Crippen LogP contribution in [-0.2, 0) is 4.79 Å². The van der Waals surface area contributed by atoms with Gasteiger partial charge in [0.2, 0.25) is 5.91 Å². The third-order valence-corrected chi connectivity index (χ3v) is 4.93. The predicted octanol–water partition coefficient (Wildman–Crippen LogP) is 3.46. The molecule has 1 saturated carbocycles. The highest BCUT2D eigenvalue weighted by Crippen LogP contribution is 2.41. The van der Waals surface area contributed by atoms with Crippen molar-refractivity contribution in [2.45, 2.75) is 18.9 Å². The Bertz CT molecular complexity index is 771. The standard InChI is InChI=1S/C20H21BrN2O3/c1-26-17-10-6-14(7-11-17)19(13-2-3-13)23-18(24)12-22-20(25)15-4-8-16(21)9-5-15/h4-11,13,19H,2-3,12H2,1H3,(H,22,25)(H,23,24). The summed E-state index contributed by atoms with van der Waals surface area (Å²) in [4.78, 5) is 24.4. The minimum atomic E-state index is -0.264. The van der Waals surface area contributed by atoms with Crippen molar-refractivity contribution >= 4 is 27.7 Å². The lowest BCUT2D eigenvalue weighted by molar-refractivity contribution is -0.121. The molecule has 1 aliphatic rings. The van der Waals surface area contributed by atoms with Gasteiger partial charge in [0.15, 0.2) is 0 Å². The quantitative estimate of drug-likeness (QED) is 0.725. The molecule has 2 aromatic rings. The number of carbonyl (C=O) groups excluding carboxylic acids is 2. The highest BCUT2D eigenvalue weighted by Gasteiger charge is 2.33. The second-order valence-electron chi connectivity index (χ2n) is 6.35. The van der Waals surface area contributed by atoms with Crippen LogP contribution in [0.3, 0.4) is 0 Å². The Morgan fingerprint density at radius 1 is 1.12 bits per heavy atom. The molecule has 1 unspecified atom stereocenters. The zero-order valence-corrected chi connectivity index (χ0v) is 16.1. The number of nitrogens with one attached hydrogen (secondary N) is 2. The third kappa shape index (κ3) is 4.85. The molecule has 3 rings (SSSR count). The lowest BCUT2D eigenvalue weighted by Crippen LogP contribution is -2.39. The van der Waals surface area contributed by atoms with Gasteiger partial charge in [-0.2, -0.15) is 0 Å². The molecule has 1 aliphatic carbocycles. The Hall–Kier alpha value is -2.34. The first kappa shape index (κ1) is 18.5. The highest BCUT2D eigenvalue weighted by atomic mass is 79.9. The summed E-state index contributed by atoms with van der Waals surface area (Å²) in [6.45, 7) is -0.0473. The summed E-state index contributed by atoms with van der Waals surface area (Å²) < 4.78 is 6.08. The Morgan fingerprint density at radius 3 is 2.35 bits per heavy atom. The summed E-state index contributed by atoms with van der Waals surface area (Å²) in [7, 11) is 1.63. The first-order valence-corrected chi connectivity index (χ1v) is 9.33. The van der Waals surface area contributed by atoms with Crippen LogP contribution >= 0.6 is 15.9 Å². The molecule has 5 nitrogen and oxygen atoms in total. The first-order valence-electron chi connectivity index (χ1n) is 8.54. The van der Waals surface area contributed by atoms with Crippen molar-refractivity contribution in [2.75, 3.05) is 13.7 Å². The molecule has 1 atom stereocenters. The van der Waals surface area contributed by atoms with Crippen molar-refractivity contribution < 1.29 is 14.3 Å². The fraction of sp³-hybridized carbons (Fsp3) is 0.300. The van der Waals surface area contributed by atoms with E-state index in [0.29, 0.717) is 11.5 Å². The van der Waals surface area contributed by atoms with E-state index >= 15 is 0 Å². The molecule has 2 amide bonds. The van der Waals surface area contributed by atoms with E-state index in [9.17, 15) is 9.59 Å². The van der Waals surface area contributed by atoms with Crippen LogP contribution in [0, 0.1) is 5.92 Å². The van der Waals surface area contributed by atoms with Crippen LogP contribution in [0.4, 0.5) is 0 Å². The number of methoxy groups -OCH3 is 1. The summed E-state index contributed by atoms with van der Waals surface area (Å²) in [5, 5.41) is 5.71. The molecule has 0 aliphatic heterocycles. The molecule has 136 valence electrons. The van der Waals surface area contributed by atoms with Gasteiger partial charge in [0.05, 0.1) is 19.7 Å². The molecule has 26 heavy (non-hydrogen) atoms. The van der Waals surface area contributed by atoms with E-state index < -0.39 is 0 Å². The second kappa shape index (κ2) is 8.36. The molecular formula is C20H21BrN2O3. The van der Waals surface area contributed by atoms with Crippen LogP contribution < -0.4 is 15.4 Å². The third-order valence-electron chi connectivity index (χ3n) is 4.40. The maximum Gasteiger partial charge on any atom is 0.251 e. The largest absolute Gasteiger partial charge is 0.497 e. The smallest absolute Gasteiger partial charge is 0.251 e. The number of rotatable bonds is 7. The Labute approximate surface area is 161 Å². The van der Waals surface area contributed by atoms with E-state index in [4.69, 9.17) is 4.74 Å². The van der Waals surface area contributed by atoms with Gasteiger partial charge < -0.3 is 15.4 Å².